The Kier molecular flexibility index (Phi) is 5.97. The van der Waals surface area contributed by atoms with Gasteiger partial charge in [-0.2, -0.15) is 0 Å². The third-order valence-corrected chi connectivity index (χ3v) is 4.26. The summed E-state index contributed by atoms with van der Waals surface area (Å²) >= 11 is 3.25. The second-order valence-corrected chi connectivity index (χ2v) is 6.05. The maximum atomic E-state index is 12.4. The average molecular weight is 408 g/mol. The number of amides is 2. The van der Waals surface area contributed by atoms with Crippen molar-refractivity contribution in [2.24, 2.45) is 7.05 Å². The minimum atomic E-state index is -0.450. The topological polar surface area (TPSA) is 80.6 Å². The van der Waals surface area contributed by atoms with Gasteiger partial charge in [0.05, 0.1) is 12.3 Å². The number of aromatic nitrogens is 1. The predicted molar refractivity (Wildman–Crippen MR) is 98.3 cm³/mol. The van der Waals surface area contributed by atoms with Crippen LogP contribution in [0.1, 0.15) is 27.9 Å². The van der Waals surface area contributed by atoms with Crippen molar-refractivity contribution in [3.05, 3.63) is 46.2 Å². The lowest BCUT2D eigenvalue weighted by molar-refractivity contribution is 0.101. The molecule has 2 amide bonds. The van der Waals surface area contributed by atoms with Crippen LogP contribution in [-0.4, -0.2) is 36.5 Å². The van der Waals surface area contributed by atoms with E-state index in [0.29, 0.717) is 40.1 Å². The van der Waals surface area contributed by atoms with E-state index in [-0.39, 0.29) is 5.91 Å². The summed E-state index contributed by atoms with van der Waals surface area (Å²) in [6, 6.07) is 8.35. The highest BCUT2D eigenvalue weighted by molar-refractivity contribution is 9.10. The summed E-state index contributed by atoms with van der Waals surface area (Å²) in [6.07, 6.45) is 0.232. The summed E-state index contributed by atoms with van der Waals surface area (Å²) in [4.78, 5) is 36.5. The number of nitrogens with one attached hydrogen (secondary N) is 1. The van der Waals surface area contributed by atoms with Crippen molar-refractivity contribution < 1.29 is 19.1 Å². The summed E-state index contributed by atoms with van der Waals surface area (Å²) in [7, 11) is 3.24. The highest BCUT2D eigenvalue weighted by Gasteiger charge is 2.17. The fourth-order valence-electron chi connectivity index (χ4n) is 2.22. The Balaban J connectivity index is 2.12. The average Bonchev–Trinajstić information content (AvgIpc) is 2.89. The number of carbonyl (C=O) groups is 3. The zero-order valence-electron chi connectivity index (χ0n) is 14.1. The molecule has 1 heterocycles. The van der Waals surface area contributed by atoms with Crippen molar-refractivity contribution in [2.45, 2.75) is 6.92 Å². The third kappa shape index (κ3) is 4.08. The van der Waals surface area contributed by atoms with E-state index in [0.717, 1.165) is 0 Å². The summed E-state index contributed by atoms with van der Waals surface area (Å²) in [5, 5.41) is 2.75. The first kappa shape index (κ1) is 18.7. The fourth-order valence-corrected chi connectivity index (χ4v) is 2.80. The number of halogens is 1. The molecule has 1 N–H and O–H groups in total. The maximum absolute atomic E-state index is 12.4. The van der Waals surface area contributed by atoms with Crippen LogP contribution in [0.25, 0.3) is 0 Å². The molecular weight excluding hydrogens is 390 g/mol. The van der Waals surface area contributed by atoms with Crippen LogP contribution in [0.2, 0.25) is 0 Å². The summed E-state index contributed by atoms with van der Waals surface area (Å²) in [5.41, 5.74) is 1.94. The molecule has 0 bridgehead atoms. The van der Waals surface area contributed by atoms with Gasteiger partial charge < -0.3 is 14.6 Å². The third-order valence-electron chi connectivity index (χ3n) is 3.63. The van der Waals surface area contributed by atoms with Gasteiger partial charge in [-0.05, 0) is 53.2 Å². The van der Waals surface area contributed by atoms with E-state index in [2.05, 4.69) is 21.2 Å². The van der Waals surface area contributed by atoms with E-state index in [1.165, 1.54) is 9.47 Å². The molecule has 0 radical (unpaired) electrons. The molecule has 2 rings (SSSR count). The Morgan fingerprint density at radius 3 is 2.48 bits per heavy atom. The van der Waals surface area contributed by atoms with E-state index in [1.807, 2.05) is 0 Å². The van der Waals surface area contributed by atoms with Gasteiger partial charge >= 0.3 is 6.09 Å². The van der Waals surface area contributed by atoms with Gasteiger partial charge in [0.15, 0.2) is 6.29 Å². The van der Waals surface area contributed by atoms with E-state index < -0.39 is 6.09 Å². The Labute approximate surface area is 153 Å². The quantitative estimate of drug-likeness (QED) is 0.769. The molecule has 0 spiro atoms. The van der Waals surface area contributed by atoms with Crippen LogP contribution in [-0.2, 0) is 11.8 Å². The first-order valence-corrected chi connectivity index (χ1v) is 8.30. The molecular formula is C17H18BrN3O4. The number of ether oxygens (including phenoxy) is 1. The fraction of sp³-hybridized carbons (Fsp3) is 0.235. The first-order chi connectivity index (χ1) is 11.9. The highest BCUT2D eigenvalue weighted by atomic mass is 79.9. The number of nitrogens with zero attached hydrogens (tertiary/aromatic N) is 2. The van der Waals surface area contributed by atoms with Crippen molar-refractivity contribution in [1.29, 1.82) is 0 Å². The number of anilines is 2. The molecule has 1 aromatic carbocycles. The lowest BCUT2D eigenvalue weighted by Crippen LogP contribution is -2.26. The van der Waals surface area contributed by atoms with E-state index in [9.17, 15) is 14.4 Å². The number of hydrogen-bond acceptors (Lipinski definition) is 4. The Hall–Kier alpha value is -2.61. The van der Waals surface area contributed by atoms with E-state index in [4.69, 9.17) is 4.74 Å². The first-order valence-electron chi connectivity index (χ1n) is 7.51. The van der Waals surface area contributed by atoms with Gasteiger partial charge in [-0.25, -0.2) is 4.79 Å². The molecule has 7 nitrogen and oxygen atoms in total. The van der Waals surface area contributed by atoms with Crippen molar-refractivity contribution in [1.82, 2.24) is 4.57 Å². The summed E-state index contributed by atoms with van der Waals surface area (Å²) in [6.45, 7) is 2.04. The molecule has 0 aliphatic rings. The largest absolute Gasteiger partial charge is 0.449 e. The van der Waals surface area contributed by atoms with Crippen LogP contribution in [0.5, 0.6) is 0 Å². The van der Waals surface area contributed by atoms with Crippen LogP contribution in [0.15, 0.2) is 34.8 Å². The predicted octanol–water partition coefficient (Wildman–Crippen LogP) is 3.45. The second-order valence-electron chi connectivity index (χ2n) is 5.20. The molecule has 0 unspecified atom stereocenters. The van der Waals surface area contributed by atoms with Crippen LogP contribution in [0.4, 0.5) is 16.2 Å². The molecule has 0 aliphatic heterocycles. The highest BCUT2D eigenvalue weighted by Crippen LogP contribution is 2.22. The lowest BCUT2D eigenvalue weighted by atomic mass is 10.2. The number of carbonyl (C=O) groups excluding carboxylic acids is 3. The number of aldehydes is 1. The van der Waals surface area contributed by atoms with Crippen LogP contribution >= 0.6 is 15.9 Å². The smallest absolute Gasteiger partial charge is 0.413 e. The molecule has 25 heavy (non-hydrogen) atoms. The Morgan fingerprint density at radius 1 is 1.32 bits per heavy atom. The SMILES string of the molecule is CCOC(=O)N(C)c1ccc(NC(=O)c2cc(Br)c(C=O)n2C)cc1. The minimum Gasteiger partial charge on any atom is -0.449 e. The second kappa shape index (κ2) is 7.98. The number of hydrogen-bond donors (Lipinski definition) is 1. The summed E-state index contributed by atoms with van der Waals surface area (Å²) < 4.78 is 7.00. The van der Waals surface area contributed by atoms with E-state index in [1.54, 1.807) is 51.4 Å². The number of benzene rings is 1. The van der Waals surface area contributed by atoms with Crippen LogP contribution in [0.3, 0.4) is 0 Å². The molecule has 0 saturated carbocycles. The Morgan fingerprint density at radius 2 is 1.96 bits per heavy atom. The zero-order valence-corrected chi connectivity index (χ0v) is 15.7. The normalized spacial score (nSPS) is 10.2. The molecule has 0 fully saturated rings. The van der Waals surface area contributed by atoms with Gasteiger partial charge in [0, 0.05) is 29.9 Å². The molecule has 0 saturated heterocycles. The molecule has 132 valence electrons. The molecule has 2 aromatic rings. The van der Waals surface area contributed by atoms with Gasteiger partial charge in [-0.3, -0.25) is 14.5 Å². The van der Waals surface area contributed by atoms with Gasteiger partial charge in [0.25, 0.3) is 5.91 Å². The van der Waals surface area contributed by atoms with Gasteiger partial charge in [-0.1, -0.05) is 0 Å². The Bertz CT molecular complexity index is 799. The van der Waals surface area contributed by atoms with Crippen molar-refractivity contribution in [3.8, 4) is 0 Å². The van der Waals surface area contributed by atoms with Crippen molar-refractivity contribution in [2.75, 3.05) is 23.9 Å². The van der Waals surface area contributed by atoms with E-state index >= 15 is 0 Å². The monoisotopic (exact) mass is 407 g/mol. The zero-order chi connectivity index (χ0) is 18.6. The lowest BCUT2D eigenvalue weighted by Gasteiger charge is -2.17. The standard InChI is InChI=1S/C17H18BrN3O4/c1-4-25-17(24)20(2)12-7-5-11(6-8-12)19-16(23)14-9-13(18)15(10-22)21(14)3/h5-10H,4H2,1-3H3,(H,19,23). The van der Waals surface area contributed by atoms with Crippen molar-refractivity contribution >= 4 is 45.6 Å². The van der Waals surface area contributed by atoms with Gasteiger partial charge in [-0.15, -0.1) is 0 Å². The van der Waals surface area contributed by atoms with Crippen LogP contribution < -0.4 is 10.2 Å². The molecule has 0 aliphatic carbocycles. The van der Waals surface area contributed by atoms with Gasteiger partial charge in [0.1, 0.15) is 5.69 Å². The molecule has 1 aromatic heterocycles. The van der Waals surface area contributed by atoms with Crippen LogP contribution in [0, 0.1) is 0 Å². The number of rotatable bonds is 5. The maximum Gasteiger partial charge on any atom is 0.413 e. The molecule has 0 atom stereocenters. The van der Waals surface area contributed by atoms with Gasteiger partial charge in [0.2, 0.25) is 0 Å². The van der Waals surface area contributed by atoms with Crippen molar-refractivity contribution in [3.63, 3.8) is 0 Å². The summed E-state index contributed by atoms with van der Waals surface area (Å²) in [5.74, 6) is -0.345. The molecule has 8 heteroatoms. The minimum absolute atomic E-state index is 0.298.